The molecule has 4 heteroatoms. The fourth-order valence-electron chi connectivity index (χ4n) is 1.41. The molecule has 11 heavy (non-hydrogen) atoms. The molecule has 0 heterocycles. The molecule has 1 fully saturated rings. The van der Waals surface area contributed by atoms with Crippen LogP contribution < -0.4 is 0 Å². The van der Waals surface area contributed by atoms with Crippen molar-refractivity contribution in [1.82, 2.24) is 0 Å². The van der Waals surface area contributed by atoms with Crippen LogP contribution in [-0.4, -0.2) is 22.2 Å². The molecular weight excluding hydrogens is 148 g/mol. The lowest BCUT2D eigenvalue weighted by molar-refractivity contribution is -0.149. The summed E-state index contributed by atoms with van der Waals surface area (Å²) < 4.78 is 0. The summed E-state index contributed by atoms with van der Waals surface area (Å²) in [7, 11) is 0. The van der Waals surface area contributed by atoms with E-state index >= 15 is 0 Å². The molecule has 0 saturated heterocycles. The highest BCUT2D eigenvalue weighted by atomic mass is 16.4. The molecule has 1 aliphatic rings. The van der Waals surface area contributed by atoms with Gasteiger partial charge in [-0.1, -0.05) is 6.92 Å². The summed E-state index contributed by atoms with van der Waals surface area (Å²) >= 11 is 0. The lowest BCUT2D eigenvalue weighted by Crippen LogP contribution is -2.19. The Kier molecular flexibility index (Phi) is 1.62. The SMILES string of the molecule is CC[C@@]1(C(=O)O)C[C@@H]1C(=O)O. The monoisotopic (exact) mass is 158 g/mol. The molecule has 1 aliphatic carbocycles. The minimum Gasteiger partial charge on any atom is -0.481 e. The Hall–Kier alpha value is -1.06. The zero-order valence-corrected chi connectivity index (χ0v) is 6.20. The molecule has 4 nitrogen and oxygen atoms in total. The third kappa shape index (κ3) is 0.982. The normalized spacial score (nSPS) is 34.8. The third-order valence-electron chi connectivity index (χ3n) is 2.43. The highest BCUT2D eigenvalue weighted by molar-refractivity contribution is 5.89. The topological polar surface area (TPSA) is 74.6 Å². The maximum Gasteiger partial charge on any atom is 0.310 e. The molecule has 0 unspecified atom stereocenters. The summed E-state index contributed by atoms with van der Waals surface area (Å²) in [5.74, 6) is -2.63. The molecule has 0 aromatic heterocycles. The van der Waals surface area contributed by atoms with Gasteiger partial charge in [0.05, 0.1) is 11.3 Å². The predicted octanol–water partition coefficient (Wildman–Crippen LogP) is 0.572. The largest absolute Gasteiger partial charge is 0.481 e. The Morgan fingerprint density at radius 1 is 1.55 bits per heavy atom. The lowest BCUT2D eigenvalue weighted by atomic mass is 10.0. The summed E-state index contributed by atoms with van der Waals surface area (Å²) in [5.41, 5.74) is -0.953. The van der Waals surface area contributed by atoms with Crippen LogP contribution >= 0.6 is 0 Å². The number of carboxylic acids is 2. The quantitative estimate of drug-likeness (QED) is 0.629. The zero-order valence-electron chi connectivity index (χ0n) is 6.20. The number of hydrogen-bond donors (Lipinski definition) is 2. The van der Waals surface area contributed by atoms with Crippen LogP contribution in [0.25, 0.3) is 0 Å². The smallest absolute Gasteiger partial charge is 0.310 e. The molecule has 0 spiro atoms. The van der Waals surface area contributed by atoms with Crippen LogP contribution in [0.4, 0.5) is 0 Å². The Bertz CT molecular complexity index is 210. The Balaban J connectivity index is 2.71. The summed E-state index contributed by atoms with van der Waals surface area (Å²) in [6.07, 6.45) is 0.688. The maximum atomic E-state index is 10.6. The molecule has 1 saturated carbocycles. The Labute approximate surface area is 63.8 Å². The van der Waals surface area contributed by atoms with E-state index in [-0.39, 0.29) is 6.42 Å². The minimum absolute atomic E-state index is 0.286. The van der Waals surface area contributed by atoms with Crippen molar-refractivity contribution < 1.29 is 19.8 Å². The van der Waals surface area contributed by atoms with Gasteiger partial charge in [0.25, 0.3) is 0 Å². The summed E-state index contributed by atoms with van der Waals surface area (Å²) in [5, 5.41) is 17.2. The van der Waals surface area contributed by atoms with Crippen molar-refractivity contribution in [2.24, 2.45) is 11.3 Å². The van der Waals surface area contributed by atoms with Crippen LogP contribution in [0, 0.1) is 11.3 Å². The molecule has 62 valence electrons. The number of aliphatic carboxylic acids is 2. The molecule has 0 aromatic carbocycles. The molecule has 0 amide bonds. The second-order valence-corrected chi connectivity index (χ2v) is 2.91. The fraction of sp³-hybridized carbons (Fsp3) is 0.714. The van der Waals surface area contributed by atoms with Crippen molar-refractivity contribution in [2.75, 3.05) is 0 Å². The molecule has 0 aromatic rings. The summed E-state index contributed by atoms with van der Waals surface area (Å²) in [4.78, 5) is 20.9. The van der Waals surface area contributed by atoms with Gasteiger partial charge in [-0.05, 0) is 12.8 Å². The van der Waals surface area contributed by atoms with E-state index in [1.807, 2.05) is 0 Å². The van der Waals surface area contributed by atoms with Crippen LogP contribution in [0.2, 0.25) is 0 Å². The van der Waals surface area contributed by atoms with Crippen molar-refractivity contribution in [3.05, 3.63) is 0 Å². The van der Waals surface area contributed by atoms with Crippen molar-refractivity contribution in [3.8, 4) is 0 Å². The maximum absolute atomic E-state index is 10.6. The zero-order chi connectivity index (χ0) is 8.65. The molecule has 0 aliphatic heterocycles. The highest BCUT2D eigenvalue weighted by Crippen LogP contribution is 2.55. The van der Waals surface area contributed by atoms with E-state index in [2.05, 4.69) is 0 Å². The molecule has 0 radical (unpaired) electrons. The van der Waals surface area contributed by atoms with Gasteiger partial charge in [0.15, 0.2) is 0 Å². The van der Waals surface area contributed by atoms with Gasteiger partial charge in [0, 0.05) is 0 Å². The molecular formula is C7H10O4. The molecule has 2 atom stereocenters. The first kappa shape index (κ1) is 8.04. The minimum atomic E-state index is -0.991. The van der Waals surface area contributed by atoms with Crippen LogP contribution in [-0.2, 0) is 9.59 Å². The number of carboxylic acid groups (broad SMARTS) is 2. The number of carbonyl (C=O) groups is 2. The average molecular weight is 158 g/mol. The fourth-order valence-corrected chi connectivity index (χ4v) is 1.41. The summed E-state index contributed by atoms with van der Waals surface area (Å²) in [6.45, 7) is 1.71. The van der Waals surface area contributed by atoms with Crippen molar-refractivity contribution in [1.29, 1.82) is 0 Å². The van der Waals surface area contributed by atoms with E-state index in [9.17, 15) is 9.59 Å². The van der Waals surface area contributed by atoms with E-state index in [0.717, 1.165) is 0 Å². The standard InChI is InChI=1S/C7H10O4/c1-2-7(6(10)11)3-4(7)5(8)9/h4H,2-3H2,1H3,(H,8,9)(H,10,11)/t4-,7-/m1/s1. The first-order valence-corrected chi connectivity index (χ1v) is 3.51. The third-order valence-corrected chi connectivity index (χ3v) is 2.43. The van der Waals surface area contributed by atoms with Gasteiger partial charge in [-0.3, -0.25) is 9.59 Å². The Morgan fingerprint density at radius 2 is 2.09 bits per heavy atom. The molecule has 2 N–H and O–H groups in total. The number of rotatable bonds is 3. The predicted molar refractivity (Wildman–Crippen MR) is 36.1 cm³/mol. The summed E-state index contributed by atoms with van der Waals surface area (Å²) in [6, 6.07) is 0. The van der Waals surface area contributed by atoms with Gasteiger partial charge in [0.1, 0.15) is 0 Å². The molecule has 0 bridgehead atoms. The van der Waals surface area contributed by atoms with Crippen LogP contribution in [0.5, 0.6) is 0 Å². The Morgan fingerprint density at radius 3 is 2.18 bits per heavy atom. The number of hydrogen-bond acceptors (Lipinski definition) is 2. The van der Waals surface area contributed by atoms with E-state index in [4.69, 9.17) is 10.2 Å². The van der Waals surface area contributed by atoms with E-state index in [1.54, 1.807) is 6.92 Å². The highest BCUT2D eigenvalue weighted by Gasteiger charge is 2.63. The van der Waals surface area contributed by atoms with E-state index < -0.39 is 23.3 Å². The van der Waals surface area contributed by atoms with Gasteiger partial charge in [-0.15, -0.1) is 0 Å². The van der Waals surface area contributed by atoms with Gasteiger partial charge in [0.2, 0.25) is 0 Å². The average Bonchev–Trinajstić information content (AvgIpc) is 2.62. The van der Waals surface area contributed by atoms with Crippen molar-refractivity contribution in [3.63, 3.8) is 0 Å². The second-order valence-electron chi connectivity index (χ2n) is 2.91. The van der Waals surface area contributed by atoms with Gasteiger partial charge < -0.3 is 10.2 Å². The van der Waals surface area contributed by atoms with E-state index in [0.29, 0.717) is 6.42 Å². The lowest BCUT2D eigenvalue weighted by Gasteiger charge is -2.05. The van der Waals surface area contributed by atoms with Crippen LogP contribution in [0.3, 0.4) is 0 Å². The van der Waals surface area contributed by atoms with Gasteiger partial charge >= 0.3 is 11.9 Å². The van der Waals surface area contributed by atoms with Crippen molar-refractivity contribution >= 4 is 11.9 Å². The van der Waals surface area contributed by atoms with Gasteiger partial charge in [-0.25, -0.2) is 0 Å². The van der Waals surface area contributed by atoms with Crippen molar-refractivity contribution in [2.45, 2.75) is 19.8 Å². The van der Waals surface area contributed by atoms with Crippen LogP contribution in [0.15, 0.2) is 0 Å². The molecule has 1 rings (SSSR count). The van der Waals surface area contributed by atoms with E-state index in [1.165, 1.54) is 0 Å². The first-order chi connectivity index (χ1) is 5.04. The second kappa shape index (κ2) is 2.22. The van der Waals surface area contributed by atoms with Gasteiger partial charge in [-0.2, -0.15) is 0 Å². The first-order valence-electron chi connectivity index (χ1n) is 3.51. The van der Waals surface area contributed by atoms with Crippen LogP contribution in [0.1, 0.15) is 19.8 Å².